The number of ether oxygens (including phenoxy) is 1. The fourth-order valence-electron chi connectivity index (χ4n) is 2.62. The van der Waals surface area contributed by atoms with Gasteiger partial charge in [0.25, 0.3) is 5.91 Å². The van der Waals surface area contributed by atoms with Gasteiger partial charge in [-0.2, -0.15) is 0 Å². The Kier molecular flexibility index (Phi) is 4.29. The average Bonchev–Trinajstić information content (AvgIpc) is 3.36. The molecule has 0 bridgehead atoms. The van der Waals surface area contributed by atoms with E-state index in [9.17, 15) is 9.59 Å². The molecule has 1 aromatic carbocycles. The van der Waals surface area contributed by atoms with Crippen molar-refractivity contribution in [3.63, 3.8) is 0 Å². The summed E-state index contributed by atoms with van der Waals surface area (Å²) in [4.78, 5) is 25.5. The highest BCUT2D eigenvalue weighted by Crippen LogP contribution is 2.32. The smallest absolute Gasteiger partial charge is 0.265 e. The maximum atomic E-state index is 12.0. The van der Waals surface area contributed by atoms with Gasteiger partial charge in [-0.25, -0.2) is 0 Å². The summed E-state index contributed by atoms with van der Waals surface area (Å²) in [6.07, 6.45) is 2.59. The number of fused-ring (bicyclic) bond motifs is 1. The van der Waals surface area contributed by atoms with Crippen LogP contribution in [0.15, 0.2) is 24.3 Å². The number of rotatable bonds is 6. The van der Waals surface area contributed by atoms with Crippen LogP contribution in [-0.2, 0) is 9.59 Å². The summed E-state index contributed by atoms with van der Waals surface area (Å²) in [6.45, 7) is 0.881. The Balaban J connectivity index is 1.52. The van der Waals surface area contributed by atoms with E-state index in [0.29, 0.717) is 24.8 Å². The van der Waals surface area contributed by atoms with Crippen molar-refractivity contribution in [3.05, 3.63) is 24.3 Å². The highest BCUT2D eigenvalue weighted by Gasteiger charge is 2.29. The molecule has 1 aliphatic heterocycles. The van der Waals surface area contributed by atoms with Crippen LogP contribution in [0, 0.1) is 5.92 Å². The number of nitrogens with one attached hydrogen (secondary N) is 1. The van der Waals surface area contributed by atoms with Gasteiger partial charge in [0.05, 0.1) is 5.69 Å². The van der Waals surface area contributed by atoms with Gasteiger partial charge in [-0.1, -0.05) is 12.1 Å². The van der Waals surface area contributed by atoms with E-state index in [-0.39, 0.29) is 30.9 Å². The van der Waals surface area contributed by atoms with Gasteiger partial charge < -0.3 is 20.7 Å². The standard InChI is InChI=1S/C16H21N3O3/c17-12(11-5-6-11)9-18-15(20)7-8-19-13-3-1-2-4-14(13)22-10-16(19)21/h1-4,11-12H,5-10,17H2,(H,18,20). The van der Waals surface area contributed by atoms with Crippen LogP contribution in [0.4, 0.5) is 5.69 Å². The van der Waals surface area contributed by atoms with Crippen molar-refractivity contribution in [1.82, 2.24) is 5.32 Å². The summed E-state index contributed by atoms with van der Waals surface area (Å²) in [5.41, 5.74) is 6.68. The van der Waals surface area contributed by atoms with Crippen molar-refractivity contribution in [1.29, 1.82) is 0 Å². The van der Waals surface area contributed by atoms with Crippen molar-refractivity contribution in [2.24, 2.45) is 11.7 Å². The largest absolute Gasteiger partial charge is 0.482 e. The minimum atomic E-state index is -0.124. The second-order valence-corrected chi connectivity index (χ2v) is 5.86. The second-order valence-electron chi connectivity index (χ2n) is 5.86. The molecule has 1 aromatic rings. The molecule has 1 unspecified atom stereocenters. The monoisotopic (exact) mass is 303 g/mol. The van der Waals surface area contributed by atoms with E-state index in [1.54, 1.807) is 4.90 Å². The third-order valence-electron chi connectivity index (χ3n) is 4.13. The first-order valence-electron chi connectivity index (χ1n) is 7.69. The number of carbonyl (C=O) groups is 2. The number of anilines is 1. The second kappa shape index (κ2) is 6.36. The van der Waals surface area contributed by atoms with Crippen LogP contribution in [0.2, 0.25) is 0 Å². The molecule has 0 saturated heterocycles. The molecule has 22 heavy (non-hydrogen) atoms. The summed E-state index contributed by atoms with van der Waals surface area (Å²) >= 11 is 0. The quantitative estimate of drug-likeness (QED) is 0.808. The minimum absolute atomic E-state index is 0.0190. The predicted octanol–water partition coefficient (Wildman–Crippen LogP) is 0.656. The molecular formula is C16H21N3O3. The molecule has 6 nitrogen and oxygen atoms in total. The number of hydrogen-bond donors (Lipinski definition) is 2. The van der Waals surface area contributed by atoms with Crippen LogP contribution in [0.1, 0.15) is 19.3 Å². The molecule has 1 fully saturated rings. The normalized spacial score (nSPS) is 18.4. The lowest BCUT2D eigenvalue weighted by molar-refractivity contribution is -0.122. The molecule has 0 radical (unpaired) electrons. The van der Waals surface area contributed by atoms with Crippen LogP contribution in [0.5, 0.6) is 5.75 Å². The lowest BCUT2D eigenvalue weighted by Crippen LogP contribution is -2.42. The molecule has 1 heterocycles. The predicted molar refractivity (Wildman–Crippen MR) is 82.6 cm³/mol. The first-order valence-corrected chi connectivity index (χ1v) is 7.69. The number of hydrogen-bond acceptors (Lipinski definition) is 4. The molecule has 1 aliphatic carbocycles. The van der Waals surface area contributed by atoms with Crippen LogP contribution in [0.3, 0.4) is 0 Å². The Labute approximate surface area is 129 Å². The van der Waals surface area contributed by atoms with Gasteiger partial charge in [-0.15, -0.1) is 0 Å². The fraction of sp³-hybridized carbons (Fsp3) is 0.500. The lowest BCUT2D eigenvalue weighted by Gasteiger charge is -2.29. The van der Waals surface area contributed by atoms with Crippen LogP contribution >= 0.6 is 0 Å². The minimum Gasteiger partial charge on any atom is -0.482 e. The zero-order valence-corrected chi connectivity index (χ0v) is 12.5. The van der Waals surface area contributed by atoms with Crippen molar-refractivity contribution in [2.75, 3.05) is 24.6 Å². The van der Waals surface area contributed by atoms with E-state index in [0.717, 1.165) is 18.5 Å². The summed E-state index contributed by atoms with van der Waals surface area (Å²) < 4.78 is 5.38. The first kappa shape index (κ1) is 14.8. The highest BCUT2D eigenvalue weighted by molar-refractivity contribution is 5.98. The molecule has 6 heteroatoms. The maximum Gasteiger partial charge on any atom is 0.265 e. The van der Waals surface area contributed by atoms with Crippen LogP contribution < -0.4 is 20.7 Å². The van der Waals surface area contributed by atoms with E-state index in [1.807, 2.05) is 24.3 Å². The number of para-hydroxylation sites is 2. The molecular weight excluding hydrogens is 282 g/mol. The molecule has 3 N–H and O–H groups in total. The molecule has 3 rings (SSSR count). The molecule has 2 aliphatic rings. The number of benzene rings is 1. The van der Waals surface area contributed by atoms with Crippen molar-refractivity contribution >= 4 is 17.5 Å². The third kappa shape index (κ3) is 3.39. The van der Waals surface area contributed by atoms with Gasteiger partial charge in [0.1, 0.15) is 5.75 Å². The van der Waals surface area contributed by atoms with Crippen LogP contribution in [-0.4, -0.2) is 37.6 Å². The zero-order valence-electron chi connectivity index (χ0n) is 12.5. The van der Waals surface area contributed by atoms with Gasteiger partial charge in [-0.3, -0.25) is 9.59 Å². The molecule has 1 atom stereocenters. The van der Waals surface area contributed by atoms with Gasteiger partial charge in [0.15, 0.2) is 6.61 Å². The summed E-state index contributed by atoms with van der Waals surface area (Å²) in [5.74, 6) is 1.04. The highest BCUT2D eigenvalue weighted by atomic mass is 16.5. The van der Waals surface area contributed by atoms with Gasteiger partial charge >= 0.3 is 0 Å². The third-order valence-corrected chi connectivity index (χ3v) is 4.13. The van der Waals surface area contributed by atoms with Crippen molar-refractivity contribution in [2.45, 2.75) is 25.3 Å². The van der Waals surface area contributed by atoms with Crippen LogP contribution in [0.25, 0.3) is 0 Å². The number of nitrogens with zero attached hydrogens (tertiary/aromatic N) is 1. The average molecular weight is 303 g/mol. The summed E-state index contributed by atoms with van der Waals surface area (Å²) in [7, 11) is 0. The van der Waals surface area contributed by atoms with E-state index in [1.165, 1.54) is 0 Å². The Hall–Kier alpha value is -2.08. The lowest BCUT2D eigenvalue weighted by atomic mass is 10.2. The zero-order chi connectivity index (χ0) is 15.5. The fourth-order valence-corrected chi connectivity index (χ4v) is 2.62. The first-order chi connectivity index (χ1) is 10.6. The summed E-state index contributed by atoms with van der Waals surface area (Å²) in [6, 6.07) is 7.41. The molecule has 118 valence electrons. The van der Waals surface area contributed by atoms with Crippen molar-refractivity contribution in [3.8, 4) is 5.75 Å². The van der Waals surface area contributed by atoms with Crippen molar-refractivity contribution < 1.29 is 14.3 Å². The van der Waals surface area contributed by atoms with Gasteiger partial charge in [0, 0.05) is 25.6 Å². The number of carbonyl (C=O) groups excluding carboxylic acids is 2. The Morgan fingerprint density at radius 1 is 1.41 bits per heavy atom. The molecule has 2 amide bonds. The summed E-state index contributed by atoms with van der Waals surface area (Å²) in [5, 5.41) is 2.85. The maximum absolute atomic E-state index is 12.0. The molecule has 0 aromatic heterocycles. The van der Waals surface area contributed by atoms with E-state index in [4.69, 9.17) is 10.5 Å². The Bertz CT molecular complexity index is 572. The molecule has 1 saturated carbocycles. The van der Waals surface area contributed by atoms with Gasteiger partial charge in [-0.05, 0) is 30.9 Å². The SMILES string of the molecule is NC(CNC(=O)CCN1C(=O)COc2ccccc21)C1CC1. The molecule has 0 spiro atoms. The number of nitrogens with two attached hydrogens (primary N) is 1. The van der Waals surface area contributed by atoms with E-state index >= 15 is 0 Å². The topological polar surface area (TPSA) is 84.7 Å². The number of amides is 2. The Morgan fingerprint density at radius 3 is 2.95 bits per heavy atom. The Morgan fingerprint density at radius 2 is 2.18 bits per heavy atom. The van der Waals surface area contributed by atoms with E-state index < -0.39 is 0 Å². The van der Waals surface area contributed by atoms with E-state index in [2.05, 4.69) is 5.32 Å². The van der Waals surface area contributed by atoms with Gasteiger partial charge in [0.2, 0.25) is 5.91 Å².